The van der Waals surface area contributed by atoms with E-state index in [4.69, 9.17) is 33.2 Å². The van der Waals surface area contributed by atoms with E-state index in [0.717, 1.165) is 27.7 Å². The lowest BCUT2D eigenvalue weighted by Gasteiger charge is -2.43. The van der Waals surface area contributed by atoms with Crippen molar-refractivity contribution in [1.29, 1.82) is 0 Å². The molecular weight excluding hydrogens is 480 g/mol. The number of hydrogen-bond acceptors (Lipinski definition) is 12. The number of carbonyl (C=O) groups is 5. The molecule has 0 unspecified atom stereocenters. The van der Waals surface area contributed by atoms with E-state index >= 15 is 0 Å². The minimum absolute atomic E-state index is 0.214. The van der Waals surface area contributed by atoms with Crippen LogP contribution in [0.1, 0.15) is 33.3 Å². The Morgan fingerprint density at radius 1 is 0.778 bits per heavy atom. The van der Waals surface area contributed by atoms with Crippen LogP contribution in [0.5, 0.6) is 0 Å². The standard InChI is InChI=1S/C24H28O12/c1-13(25)31-12-19-20(32-14(2)26)21(33-15(3)27)22(34-16(4)28)24(35-19)36-23(29)18(30-5)11-17-9-7-6-8-10-17/h6-11,19-22,24H,12H2,1-5H3/b18-11+/t19-,20-,21+,22-,24+/m1/s1. The minimum Gasteiger partial charge on any atom is -0.490 e. The van der Waals surface area contributed by atoms with Crippen LogP contribution >= 0.6 is 0 Å². The fourth-order valence-electron chi connectivity index (χ4n) is 3.35. The van der Waals surface area contributed by atoms with Gasteiger partial charge in [-0.2, -0.15) is 0 Å². The molecule has 0 bridgehead atoms. The van der Waals surface area contributed by atoms with Crippen molar-refractivity contribution in [2.45, 2.75) is 58.4 Å². The van der Waals surface area contributed by atoms with Crippen molar-refractivity contribution >= 4 is 35.9 Å². The lowest BCUT2D eigenvalue weighted by Crippen LogP contribution is -2.63. The van der Waals surface area contributed by atoms with Crippen molar-refractivity contribution in [3.8, 4) is 0 Å². The van der Waals surface area contributed by atoms with E-state index in [9.17, 15) is 24.0 Å². The summed E-state index contributed by atoms with van der Waals surface area (Å²) in [6, 6.07) is 8.74. The van der Waals surface area contributed by atoms with Gasteiger partial charge >= 0.3 is 29.8 Å². The molecule has 0 N–H and O–H groups in total. The first-order chi connectivity index (χ1) is 17.0. The summed E-state index contributed by atoms with van der Waals surface area (Å²) in [7, 11) is 1.25. The molecular formula is C24H28O12. The second kappa shape index (κ2) is 13.2. The Morgan fingerprint density at radius 3 is 1.86 bits per heavy atom. The molecule has 1 aliphatic rings. The molecule has 0 spiro atoms. The zero-order valence-electron chi connectivity index (χ0n) is 20.5. The Balaban J connectivity index is 2.44. The summed E-state index contributed by atoms with van der Waals surface area (Å²) in [5.74, 6) is -4.30. The fourth-order valence-corrected chi connectivity index (χ4v) is 3.35. The van der Waals surface area contributed by atoms with Crippen LogP contribution in [0, 0.1) is 0 Å². The van der Waals surface area contributed by atoms with Gasteiger partial charge in [-0.1, -0.05) is 30.3 Å². The number of carbonyl (C=O) groups excluding carboxylic acids is 5. The third-order valence-electron chi connectivity index (χ3n) is 4.69. The molecule has 5 atom stereocenters. The summed E-state index contributed by atoms with van der Waals surface area (Å²) in [6.07, 6.45) is -5.88. The Hall–Kier alpha value is -3.93. The monoisotopic (exact) mass is 508 g/mol. The highest BCUT2D eigenvalue weighted by Crippen LogP contribution is 2.30. The first kappa shape index (κ1) is 28.3. The van der Waals surface area contributed by atoms with E-state index in [1.54, 1.807) is 30.3 Å². The molecule has 0 radical (unpaired) electrons. The Labute approximate surface area is 207 Å². The molecule has 1 saturated heterocycles. The number of rotatable bonds is 9. The highest BCUT2D eigenvalue weighted by Gasteiger charge is 2.54. The maximum Gasteiger partial charge on any atom is 0.376 e. The molecule has 1 fully saturated rings. The smallest absolute Gasteiger partial charge is 0.376 e. The van der Waals surface area contributed by atoms with Crippen molar-refractivity contribution in [1.82, 2.24) is 0 Å². The average molecular weight is 508 g/mol. The number of methoxy groups -OCH3 is 1. The predicted octanol–water partition coefficient (Wildman–Crippen LogP) is 1.30. The number of hydrogen-bond donors (Lipinski definition) is 0. The highest BCUT2D eigenvalue weighted by atomic mass is 16.8. The van der Waals surface area contributed by atoms with Crippen LogP contribution in [0.4, 0.5) is 0 Å². The van der Waals surface area contributed by atoms with Crippen LogP contribution in [0.3, 0.4) is 0 Å². The number of ether oxygens (including phenoxy) is 7. The highest BCUT2D eigenvalue weighted by molar-refractivity contribution is 5.91. The lowest BCUT2D eigenvalue weighted by molar-refractivity contribution is -0.300. The molecule has 1 aliphatic heterocycles. The Kier molecular flexibility index (Phi) is 10.4. The van der Waals surface area contributed by atoms with Gasteiger partial charge in [-0.3, -0.25) is 19.2 Å². The summed E-state index contributed by atoms with van der Waals surface area (Å²) in [5, 5.41) is 0. The Bertz CT molecular complexity index is 986. The van der Waals surface area contributed by atoms with E-state index < -0.39 is 67.2 Å². The molecule has 196 valence electrons. The van der Waals surface area contributed by atoms with Crippen molar-refractivity contribution < 1.29 is 57.1 Å². The van der Waals surface area contributed by atoms with Crippen LogP contribution in [-0.4, -0.2) is 74.3 Å². The van der Waals surface area contributed by atoms with Gasteiger partial charge in [0.25, 0.3) is 0 Å². The normalized spacial score (nSPS) is 23.6. The van der Waals surface area contributed by atoms with Gasteiger partial charge in [-0.25, -0.2) is 4.79 Å². The summed E-state index contributed by atoms with van der Waals surface area (Å²) < 4.78 is 37.1. The summed E-state index contributed by atoms with van der Waals surface area (Å²) in [5.41, 5.74) is 0.632. The second-order valence-corrected chi connectivity index (χ2v) is 7.60. The Morgan fingerprint density at radius 2 is 1.33 bits per heavy atom. The van der Waals surface area contributed by atoms with Crippen LogP contribution in [0.2, 0.25) is 0 Å². The van der Waals surface area contributed by atoms with Crippen LogP contribution < -0.4 is 0 Å². The van der Waals surface area contributed by atoms with Crippen LogP contribution in [0.25, 0.3) is 6.08 Å². The van der Waals surface area contributed by atoms with Gasteiger partial charge in [0.1, 0.15) is 12.7 Å². The van der Waals surface area contributed by atoms with Gasteiger partial charge in [0.15, 0.2) is 12.2 Å². The molecule has 0 amide bonds. The van der Waals surface area contributed by atoms with E-state index in [2.05, 4.69) is 0 Å². The van der Waals surface area contributed by atoms with E-state index in [0.29, 0.717) is 5.56 Å². The molecule has 2 rings (SSSR count). The fraction of sp³-hybridized carbons (Fsp3) is 0.458. The van der Waals surface area contributed by atoms with Gasteiger partial charge in [-0.05, 0) is 11.6 Å². The number of esters is 5. The van der Waals surface area contributed by atoms with Crippen molar-refractivity contribution in [2.24, 2.45) is 0 Å². The average Bonchev–Trinajstić information content (AvgIpc) is 2.79. The largest absolute Gasteiger partial charge is 0.490 e. The maximum absolute atomic E-state index is 12.9. The van der Waals surface area contributed by atoms with Crippen molar-refractivity contribution in [3.05, 3.63) is 41.7 Å². The van der Waals surface area contributed by atoms with E-state index in [1.807, 2.05) is 0 Å². The van der Waals surface area contributed by atoms with Gasteiger partial charge in [-0.15, -0.1) is 0 Å². The van der Waals surface area contributed by atoms with E-state index in [-0.39, 0.29) is 5.76 Å². The molecule has 0 saturated carbocycles. The third kappa shape index (κ3) is 8.38. The lowest BCUT2D eigenvalue weighted by atomic mass is 9.98. The van der Waals surface area contributed by atoms with Crippen LogP contribution in [0.15, 0.2) is 36.1 Å². The molecule has 0 aromatic heterocycles. The first-order valence-corrected chi connectivity index (χ1v) is 10.8. The molecule has 12 heteroatoms. The quantitative estimate of drug-likeness (QED) is 0.205. The molecule has 1 heterocycles. The molecule has 0 aliphatic carbocycles. The predicted molar refractivity (Wildman–Crippen MR) is 119 cm³/mol. The molecule has 12 nitrogen and oxygen atoms in total. The van der Waals surface area contributed by atoms with Gasteiger partial charge in [0, 0.05) is 27.7 Å². The first-order valence-electron chi connectivity index (χ1n) is 10.8. The zero-order chi connectivity index (χ0) is 26.8. The molecule has 36 heavy (non-hydrogen) atoms. The zero-order valence-corrected chi connectivity index (χ0v) is 20.5. The topological polar surface area (TPSA) is 150 Å². The summed E-state index contributed by atoms with van der Waals surface area (Å²) in [4.78, 5) is 59.8. The SMILES string of the molecule is CO/C(=C/c1ccccc1)C(=O)O[C@@H]1O[C@H](COC(C)=O)[C@@H](OC(C)=O)[C@H](OC(C)=O)[C@H]1OC(C)=O. The summed E-state index contributed by atoms with van der Waals surface area (Å²) in [6.45, 7) is 3.94. The van der Waals surface area contributed by atoms with Crippen molar-refractivity contribution in [3.63, 3.8) is 0 Å². The summed E-state index contributed by atoms with van der Waals surface area (Å²) >= 11 is 0. The molecule has 1 aromatic carbocycles. The van der Waals surface area contributed by atoms with E-state index in [1.165, 1.54) is 13.2 Å². The number of benzene rings is 1. The minimum atomic E-state index is -1.66. The van der Waals surface area contributed by atoms with Crippen LogP contribution in [-0.2, 0) is 57.1 Å². The van der Waals surface area contributed by atoms with Gasteiger partial charge in [0.2, 0.25) is 18.2 Å². The van der Waals surface area contributed by atoms with Gasteiger partial charge in [0.05, 0.1) is 7.11 Å². The molecule has 1 aromatic rings. The third-order valence-corrected chi connectivity index (χ3v) is 4.69. The second-order valence-electron chi connectivity index (χ2n) is 7.60. The van der Waals surface area contributed by atoms with Gasteiger partial charge < -0.3 is 33.2 Å². The van der Waals surface area contributed by atoms with Crippen molar-refractivity contribution in [2.75, 3.05) is 13.7 Å². The maximum atomic E-state index is 12.9.